The Labute approximate surface area is 172 Å². The molecule has 2 aromatic heterocycles. The number of carbonyl (C=O) groups is 1. The average molecular weight is 399 g/mol. The second kappa shape index (κ2) is 8.10. The van der Waals surface area contributed by atoms with Crippen LogP contribution in [0.25, 0.3) is 16.6 Å². The summed E-state index contributed by atoms with van der Waals surface area (Å²) in [6.45, 7) is 14.9. The van der Waals surface area contributed by atoms with E-state index in [0.29, 0.717) is 24.8 Å². The van der Waals surface area contributed by atoms with E-state index in [-0.39, 0.29) is 12.0 Å². The zero-order chi connectivity index (χ0) is 21.3. The molecule has 0 saturated carbocycles. The Kier molecular flexibility index (Phi) is 5.94. The Morgan fingerprint density at radius 3 is 2.83 bits per heavy atom. The van der Waals surface area contributed by atoms with Crippen molar-refractivity contribution in [2.75, 3.05) is 13.1 Å². The van der Waals surface area contributed by atoms with Crippen molar-refractivity contribution in [3.8, 4) is 5.75 Å². The molecule has 0 bridgehead atoms. The van der Waals surface area contributed by atoms with Crippen molar-refractivity contribution in [1.82, 2.24) is 14.9 Å². The van der Waals surface area contributed by atoms with Gasteiger partial charge in [-0.2, -0.15) is 0 Å². The average Bonchev–Trinajstić information content (AvgIpc) is 3.08. The molecule has 3 rings (SSSR count). The van der Waals surface area contributed by atoms with Gasteiger partial charge < -0.3 is 24.3 Å². The molecular formula is C21H30BN3O4. The summed E-state index contributed by atoms with van der Waals surface area (Å²) in [6, 6.07) is 1.93. The van der Waals surface area contributed by atoms with E-state index in [0.717, 1.165) is 28.6 Å². The maximum Gasteiger partial charge on any atom is 0.519 e. The second-order valence-electron chi connectivity index (χ2n) is 8.78. The van der Waals surface area contributed by atoms with Gasteiger partial charge in [-0.1, -0.05) is 13.5 Å². The molecule has 1 aliphatic heterocycles. The first kappa shape index (κ1) is 21.2. The molecule has 3 heterocycles. The highest BCUT2D eigenvalue weighted by atomic mass is 16.6. The lowest BCUT2D eigenvalue weighted by Crippen LogP contribution is -2.45. The van der Waals surface area contributed by atoms with E-state index in [4.69, 9.17) is 9.39 Å². The standard InChI is InChI=1S/C21H30BN3O4/c1-13-8-10-25(20(26)28-21(3,4)5)12-16(13)14(2)18-15-7-9-23-19(15)24-11-17(18)29-22(6)27/h7,9,11,13,16,27H,2,8,10,12H2,1,3-6H3,(H,23,24)/t13?,16-/m1/s1. The van der Waals surface area contributed by atoms with Crippen LogP contribution in [0.15, 0.2) is 25.0 Å². The van der Waals surface area contributed by atoms with Crippen LogP contribution in [-0.4, -0.2) is 51.8 Å². The Hall–Kier alpha value is -2.48. The molecule has 8 heteroatoms. The molecule has 0 aromatic carbocycles. The Morgan fingerprint density at radius 1 is 1.45 bits per heavy atom. The maximum absolute atomic E-state index is 12.6. The molecule has 1 saturated heterocycles. The number of nitrogens with one attached hydrogen (secondary N) is 1. The smallest absolute Gasteiger partial charge is 0.519 e. The number of carbonyl (C=O) groups excluding carboxylic acids is 1. The number of nitrogens with zero attached hydrogens (tertiary/aromatic N) is 2. The van der Waals surface area contributed by atoms with Crippen LogP contribution in [0.5, 0.6) is 5.75 Å². The first-order chi connectivity index (χ1) is 13.6. The van der Waals surface area contributed by atoms with Gasteiger partial charge in [0.25, 0.3) is 0 Å². The third kappa shape index (κ3) is 4.75. The van der Waals surface area contributed by atoms with Crippen LogP contribution in [-0.2, 0) is 4.74 Å². The van der Waals surface area contributed by atoms with Gasteiger partial charge in [0, 0.05) is 36.2 Å². The lowest BCUT2D eigenvalue weighted by molar-refractivity contribution is 0.0152. The fraction of sp³-hybridized carbons (Fsp3) is 0.524. The minimum Gasteiger partial charge on any atom is -0.535 e. The van der Waals surface area contributed by atoms with Crippen molar-refractivity contribution in [1.29, 1.82) is 0 Å². The summed E-state index contributed by atoms with van der Waals surface area (Å²) in [5.74, 6) is 0.856. The Bertz CT molecular complexity index is 903. The van der Waals surface area contributed by atoms with Gasteiger partial charge in [0.2, 0.25) is 0 Å². The number of rotatable bonds is 4. The molecule has 0 spiro atoms. The molecule has 2 aromatic rings. The van der Waals surface area contributed by atoms with Gasteiger partial charge in [0.05, 0.1) is 6.20 Å². The van der Waals surface area contributed by atoms with E-state index in [1.165, 1.54) is 0 Å². The lowest BCUT2D eigenvalue weighted by atomic mass is 9.79. The van der Waals surface area contributed by atoms with Gasteiger partial charge in [-0.05, 0) is 51.6 Å². The number of aromatic amines is 1. The molecule has 2 atom stereocenters. The third-order valence-electron chi connectivity index (χ3n) is 5.23. The number of fused-ring (bicyclic) bond motifs is 1. The van der Waals surface area contributed by atoms with Gasteiger partial charge in [0.1, 0.15) is 17.0 Å². The molecular weight excluding hydrogens is 369 g/mol. The summed E-state index contributed by atoms with van der Waals surface area (Å²) >= 11 is 0. The lowest BCUT2D eigenvalue weighted by Gasteiger charge is -2.39. The largest absolute Gasteiger partial charge is 0.535 e. The van der Waals surface area contributed by atoms with Crippen LogP contribution in [0, 0.1) is 11.8 Å². The Balaban J connectivity index is 1.92. The third-order valence-corrected chi connectivity index (χ3v) is 5.23. The predicted octanol–water partition coefficient (Wildman–Crippen LogP) is 3.96. The van der Waals surface area contributed by atoms with E-state index in [1.807, 2.05) is 33.0 Å². The second-order valence-corrected chi connectivity index (χ2v) is 8.78. The summed E-state index contributed by atoms with van der Waals surface area (Å²) in [6.07, 6.45) is 3.98. The summed E-state index contributed by atoms with van der Waals surface area (Å²) < 4.78 is 11.2. The number of ether oxygens (including phenoxy) is 1. The van der Waals surface area contributed by atoms with Gasteiger partial charge in [-0.15, -0.1) is 0 Å². The highest BCUT2D eigenvalue weighted by Crippen LogP contribution is 2.40. The van der Waals surface area contributed by atoms with Crippen molar-refractivity contribution in [3.05, 3.63) is 30.6 Å². The minimum absolute atomic E-state index is 0.0353. The topological polar surface area (TPSA) is 87.7 Å². The molecule has 1 fully saturated rings. The van der Waals surface area contributed by atoms with Crippen LogP contribution < -0.4 is 4.65 Å². The quantitative estimate of drug-likeness (QED) is 0.760. The molecule has 156 valence electrons. The van der Waals surface area contributed by atoms with E-state index in [2.05, 4.69) is 23.5 Å². The van der Waals surface area contributed by atoms with E-state index in [1.54, 1.807) is 17.9 Å². The number of hydrogen-bond donors (Lipinski definition) is 2. The number of amides is 1. The van der Waals surface area contributed by atoms with Crippen LogP contribution >= 0.6 is 0 Å². The Morgan fingerprint density at radius 2 is 2.17 bits per heavy atom. The van der Waals surface area contributed by atoms with E-state index >= 15 is 0 Å². The zero-order valence-electron chi connectivity index (χ0n) is 17.9. The number of H-pyrrole nitrogens is 1. The van der Waals surface area contributed by atoms with Crippen LogP contribution in [0.3, 0.4) is 0 Å². The SMILES string of the molecule is C=C(c1c(OB(C)O)cnc2[nH]ccc12)[C@@H]1CN(C(=O)OC(C)(C)C)CCC1C. The maximum atomic E-state index is 12.6. The highest BCUT2D eigenvalue weighted by Gasteiger charge is 2.34. The first-order valence-electron chi connectivity index (χ1n) is 10.0. The van der Waals surface area contributed by atoms with E-state index < -0.39 is 12.7 Å². The number of likely N-dealkylation sites (tertiary alicyclic amines) is 1. The van der Waals surface area contributed by atoms with Gasteiger partial charge >= 0.3 is 13.2 Å². The monoisotopic (exact) mass is 399 g/mol. The predicted molar refractivity (Wildman–Crippen MR) is 115 cm³/mol. The van der Waals surface area contributed by atoms with E-state index in [9.17, 15) is 9.82 Å². The molecule has 1 amide bonds. The zero-order valence-corrected chi connectivity index (χ0v) is 17.9. The summed E-state index contributed by atoms with van der Waals surface area (Å²) in [5, 5.41) is 10.6. The van der Waals surface area contributed by atoms with Crippen molar-refractivity contribution in [2.45, 2.75) is 46.5 Å². The number of pyridine rings is 1. The number of hydrogen-bond acceptors (Lipinski definition) is 5. The number of piperidine rings is 1. The van der Waals surface area contributed by atoms with Gasteiger partial charge in [0.15, 0.2) is 0 Å². The summed E-state index contributed by atoms with van der Waals surface area (Å²) in [5.41, 5.74) is 1.88. The normalized spacial score (nSPS) is 19.9. The molecule has 0 aliphatic carbocycles. The fourth-order valence-corrected chi connectivity index (χ4v) is 3.79. The summed E-state index contributed by atoms with van der Waals surface area (Å²) in [7, 11) is -0.971. The van der Waals surface area contributed by atoms with Gasteiger partial charge in [-0.25, -0.2) is 9.78 Å². The minimum atomic E-state index is -0.971. The van der Waals surface area contributed by atoms with Crippen LogP contribution in [0.1, 0.15) is 39.7 Å². The molecule has 2 N–H and O–H groups in total. The molecule has 29 heavy (non-hydrogen) atoms. The first-order valence-corrected chi connectivity index (χ1v) is 10.0. The summed E-state index contributed by atoms with van der Waals surface area (Å²) in [4.78, 5) is 21.8. The van der Waals surface area contributed by atoms with Crippen molar-refractivity contribution in [2.24, 2.45) is 11.8 Å². The van der Waals surface area contributed by atoms with Crippen LogP contribution in [0.4, 0.5) is 4.79 Å². The van der Waals surface area contributed by atoms with Crippen molar-refractivity contribution >= 4 is 29.8 Å². The molecule has 0 radical (unpaired) electrons. The highest BCUT2D eigenvalue weighted by molar-refractivity contribution is 6.41. The van der Waals surface area contributed by atoms with Crippen molar-refractivity contribution < 1.29 is 19.2 Å². The fourth-order valence-electron chi connectivity index (χ4n) is 3.79. The van der Waals surface area contributed by atoms with Crippen LogP contribution in [0.2, 0.25) is 6.82 Å². The number of aromatic nitrogens is 2. The van der Waals surface area contributed by atoms with Crippen molar-refractivity contribution in [3.63, 3.8) is 0 Å². The molecule has 1 unspecified atom stereocenters. The van der Waals surface area contributed by atoms with Gasteiger partial charge in [-0.3, -0.25) is 0 Å². The molecule has 1 aliphatic rings. The molecule has 7 nitrogen and oxygen atoms in total.